The molecule has 5 heteroatoms. The van der Waals surface area contributed by atoms with Crippen LogP contribution in [0.2, 0.25) is 0 Å². The van der Waals surface area contributed by atoms with Crippen LogP contribution >= 0.6 is 0 Å². The van der Waals surface area contributed by atoms with Crippen molar-refractivity contribution in [1.82, 2.24) is 0 Å². The van der Waals surface area contributed by atoms with Crippen molar-refractivity contribution in [2.45, 2.75) is 26.7 Å². The van der Waals surface area contributed by atoms with Gasteiger partial charge in [-0.2, -0.15) is 0 Å². The third-order valence-electron chi connectivity index (χ3n) is 2.88. The first kappa shape index (κ1) is 15.9. The summed E-state index contributed by atoms with van der Waals surface area (Å²) >= 11 is 0. The number of carbonyl (C=O) groups excluding carboxylic acids is 2. The minimum atomic E-state index is -1.05. The maximum absolute atomic E-state index is 11.4. The van der Waals surface area contributed by atoms with Crippen LogP contribution in [0.4, 0.5) is 0 Å². The summed E-state index contributed by atoms with van der Waals surface area (Å²) in [6, 6.07) is 0. The predicted molar refractivity (Wildman–Crippen MR) is 61.9 cm³/mol. The van der Waals surface area contributed by atoms with E-state index in [-0.39, 0.29) is 18.3 Å². The van der Waals surface area contributed by atoms with Crippen LogP contribution in [-0.2, 0) is 14.3 Å². The molecule has 0 rings (SSSR count). The van der Waals surface area contributed by atoms with Gasteiger partial charge < -0.3 is 19.1 Å². The van der Waals surface area contributed by atoms with E-state index in [9.17, 15) is 14.7 Å². The number of rotatable bonds is 8. The summed E-state index contributed by atoms with van der Waals surface area (Å²) in [6.07, 6.45) is 0.786. The summed E-state index contributed by atoms with van der Waals surface area (Å²) in [5, 5.41) is 10.3. The number of nitrogens with zero attached hydrogens (tertiary/aromatic N) is 1. The Kier molecular flexibility index (Phi) is 6.80. The Morgan fingerprint density at radius 2 is 1.88 bits per heavy atom. The van der Waals surface area contributed by atoms with Crippen molar-refractivity contribution in [3.05, 3.63) is 0 Å². The topological polar surface area (TPSA) is 66.4 Å². The monoisotopic (exact) mass is 245 g/mol. The lowest BCUT2D eigenvalue weighted by atomic mass is 10.1. The number of carboxylic acids is 1. The maximum atomic E-state index is 11.4. The van der Waals surface area contributed by atoms with Gasteiger partial charge in [0.05, 0.1) is 26.6 Å². The minimum absolute atomic E-state index is 0.0201. The van der Waals surface area contributed by atoms with E-state index in [1.54, 1.807) is 0 Å². The standard InChI is InChI=1S/C12H23NO4/c1-5-10(2)12(16)17-9-8-13(3,4)7-6-11(14)15/h10H,5-9H2,1-4H3. The number of hydrogen-bond acceptors (Lipinski definition) is 4. The van der Waals surface area contributed by atoms with Gasteiger partial charge in [-0.1, -0.05) is 13.8 Å². The zero-order chi connectivity index (χ0) is 13.5. The molecule has 0 fully saturated rings. The lowest BCUT2D eigenvalue weighted by Crippen LogP contribution is -2.45. The normalized spacial score (nSPS) is 13.2. The van der Waals surface area contributed by atoms with Gasteiger partial charge in [-0.15, -0.1) is 0 Å². The second-order valence-electron chi connectivity index (χ2n) is 4.98. The predicted octanol–water partition coefficient (Wildman–Crippen LogP) is -0.208. The lowest BCUT2D eigenvalue weighted by molar-refractivity contribution is -0.890. The average molecular weight is 245 g/mol. The highest BCUT2D eigenvalue weighted by Gasteiger charge is 2.17. The number of carboxylic acid groups (broad SMARTS) is 1. The second kappa shape index (κ2) is 7.27. The fourth-order valence-electron chi connectivity index (χ4n) is 1.21. The van der Waals surface area contributed by atoms with Crippen molar-refractivity contribution >= 4 is 11.9 Å². The van der Waals surface area contributed by atoms with E-state index in [0.717, 1.165) is 6.42 Å². The number of carbonyl (C=O) groups is 2. The maximum Gasteiger partial charge on any atom is 0.308 e. The van der Waals surface area contributed by atoms with Gasteiger partial charge in [-0.05, 0) is 6.42 Å². The van der Waals surface area contributed by atoms with Crippen molar-refractivity contribution in [2.75, 3.05) is 33.8 Å². The molecule has 0 aromatic heterocycles. The van der Waals surface area contributed by atoms with Crippen LogP contribution in [0.15, 0.2) is 0 Å². The van der Waals surface area contributed by atoms with Gasteiger partial charge in [0.2, 0.25) is 0 Å². The Balaban J connectivity index is 3.86. The first-order valence-corrected chi connectivity index (χ1v) is 5.97. The zero-order valence-corrected chi connectivity index (χ0v) is 11.2. The molecule has 0 aliphatic carbocycles. The van der Waals surface area contributed by atoms with Crippen LogP contribution in [0.3, 0.4) is 0 Å². The molecule has 0 saturated heterocycles. The van der Waals surface area contributed by atoms with Crippen LogP contribution in [0, 0.1) is 5.92 Å². The third-order valence-corrected chi connectivity index (χ3v) is 2.88. The molecule has 0 aliphatic heterocycles. The first-order valence-electron chi connectivity index (χ1n) is 5.97. The highest BCUT2D eigenvalue weighted by atomic mass is 16.5. The molecule has 0 aliphatic rings. The van der Waals surface area contributed by atoms with E-state index >= 15 is 0 Å². The van der Waals surface area contributed by atoms with Gasteiger partial charge in [0.25, 0.3) is 0 Å². The Bertz CT molecular complexity index is 263. The molecule has 0 amide bonds. The molecule has 0 aromatic rings. The molecular formula is C12H23NO4. The number of ether oxygens (including phenoxy) is 1. The molecule has 0 N–H and O–H groups in total. The molecule has 0 saturated carbocycles. The van der Waals surface area contributed by atoms with E-state index in [2.05, 4.69) is 0 Å². The van der Waals surface area contributed by atoms with Crippen molar-refractivity contribution < 1.29 is 23.9 Å². The number of aliphatic carboxylic acids is 1. The smallest absolute Gasteiger partial charge is 0.308 e. The van der Waals surface area contributed by atoms with Crippen LogP contribution in [0.1, 0.15) is 26.7 Å². The van der Waals surface area contributed by atoms with Crippen LogP contribution in [-0.4, -0.2) is 50.2 Å². The quantitative estimate of drug-likeness (QED) is 0.438. The Morgan fingerprint density at radius 1 is 1.29 bits per heavy atom. The molecule has 100 valence electrons. The number of likely N-dealkylation sites (N-methyl/N-ethyl adjacent to an activating group) is 1. The van der Waals surface area contributed by atoms with E-state index in [4.69, 9.17) is 4.74 Å². The largest absolute Gasteiger partial charge is 0.550 e. The average Bonchev–Trinajstić information content (AvgIpc) is 2.25. The van der Waals surface area contributed by atoms with Crippen molar-refractivity contribution in [1.29, 1.82) is 0 Å². The molecule has 0 radical (unpaired) electrons. The fraction of sp³-hybridized carbons (Fsp3) is 0.833. The van der Waals surface area contributed by atoms with E-state index in [1.807, 2.05) is 27.9 Å². The van der Waals surface area contributed by atoms with Gasteiger partial charge in [0.15, 0.2) is 0 Å². The summed E-state index contributed by atoms with van der Waals surface area (Å²) in [6.45, 7) is 5.17. The second-order valence-corrected chi connectivity index (χ2v) is 4.98. The van der Waals surface area contributed by atoms with E-state index < -0.39 is 5.97 Å². The number of esters is 1. The van der Waals surface area contributed by atoms with Gasteiger partial charge in [-0.3, -0.25) is 4.79 Å². The van der Waals surface area contributed by atoms with E-state index in [1.165, 1.54) is 0 Å². The first-order chi connectivity index (χ1) is 7.78. The molecule has 1 atom stereocenters. The van der Waals surface area contributed by atoms with Crippen LogP contribution in [0.25, 0.3) is 0 Å². The van der Waals surface area contributed by atoms with Crippen molar-refractivity contribution in [2.24, 2.45) is 5.92 Å². The summed E-state index contributed by atoms with van der Waals surface area (Å²) in [5.41, 5.74) is 0. The summed E-state index contributed by atoms with van der Waals surface area (Å²) < 4.78 is 5.62. The Labute approximate surface area is 103 Å². The molecule has 17 heavy (non-hydrogen) atoms. The zero-order valence-electron chi connectivity index (χ0n) is 11.2. The lowest BCUT2D eigenvalue weighted by Gasteiger charge is -2.29. The SMILES string of the molecule is CCC(C)C(=O)OCC[N+](C)(C)CCC(=O)[O-]. The van der Waals surface area contributed by atoms with Gasteiger partial charge in [-0.25, -0.2) is 0 Å². The number of quaternary nitrogens is 1. The fourth-order valence-corrected chi connectivity index (χ4v) is 1.21. The molecule has 0 heterocycles. The Morgan fingerprint density at radius 3 is 2.35 bits per heavy atom. The molecule has 0 spiro atoms. The van der Waals surface area contributed by atoms with Crippen LogP contribution < -0.4 is 5.11 Å². The summed E-state index contributed by atoms with van der Waals surface area (Å²) in [7, 11) is 3.81. The molecule has 0 aromatic carbocycles. The minimum Gasteiger partial charge on any atom is -0.550 e. The van der Waals surface area contributed by atoms with Crippen molar-refractivity contribution in [3.63, 3.8) is 0 Å². The Hall–Kier alpha value is -1.10. The highest BCUT2D eigenvalue weighted by molar-refractivity contribution is 5.71. The van der Waals surface area contributed by atoms with Gasteiger partial charge in [0, 0.05) is 12.4 Å². The molecule has 1 unspecified atom stereocenters. The van der Waals surface area contributed by atoms with Gasteiger partial charge in [0.1, 0.15) is 13.2 Å². The number of hydrogen-bond donors (Lipinski definition) is 0. The molecular weight excluding hydrogens is 222 g/mol. The van der Waals surface area contributed by atoms with Gasteiger partial charge >= 0.3 is 5.97 Å². The van der Waals surface area contributed by atoms with Crippen LogP contribution in [0.5, 0.6) is 0 Å². The highest BCUT2D eigenvalue weighted by Crippen LogP contribution is 2.04. The van der Waals surface area contributed by atoms with E-state index in [0.29, 0.717) is 24.2 Å². The third kappa shape index (κ3) is 7.74. The molecule has 5 nitrogen and oxygen atoms in total. The van der Waals surface area contributed by atoms with Crippen molar-refractivity contribution in [3.8, 4) is 0 Å². The molecule has 0 bridgehead atoms. The summed E-state index contributed by atoms with van der Waals surface area (Å²) in [5.74, 6) is -1.31. The summed E-state index contributed by atoms with van der Waals surface area (Å²) in [4.78, 5) is 21.7.